The Hall–Kier alpha value is -2.21. The van der Waals surface area contributed by atoms with Crippen molar-refractivity contribution in [2.24, 2.45) is 0 Å². The Morgan fingerprint density at radius 2 is 1.84 bits per heavy atom. The van der Waals surface area contributed by atoms with Crippen molar-refractivity contribution in [3.63, 3.8) is 0 Å². The van der Waals surface area contributed by atoms with Crippen molar-refractivity contribution >= 4 is 23.2 Å². The monoisotopic (exact) mass is 371 g/mol. The maximum absolute atomic E-state index is 12.6. The summed E-state index contributed by atoms with van der Waals surface area (Å²) in [7, 11) is 0. The summed E-state index contributed by atoms with van der Waals surface area (Å²) in [5.41, 5.74) is 0.315. The molecule has 2 aromatic carbocycles. The number of ether oxygens (including phenoxy) is 1. The molecule has 0 fully saturated rings. The van der Waals surface area contributed by atoms with E-state index in [1.54, 1.807) is 25.1 Å². The summed E-state index contributed by atoms with van der Waals surface area (Å²) in [6.45, 7) is 3.60. The zero-order valence-electron chi connectivity index (χ0n) is 13.7. The molecule has 2 rings (SSSR count). The lowest BCUT2D eigenvalue weighted by Crippen LogP contribution is -2.32. The number of hydrogen-bond acceptors (Lipinski definition) is 2. The van der Waals surface area contributed by atoms with E-state index in [4.69, 9.17) is 16.3 Å². The van der Waals surface area contributed by atoms with Gasteiger partial charge in [-0.1, -0.05) is 18.5 Å². The molecule has 2 aromatic rings. The highest BCUT2D eigenvalue weighted by Crippen LogP contribution is 2.30. The lowest BCUT2D eigenvalue weighted by molar-refractivity contribution is -0.137. The first kappa shape index (κ1) is 19.1. The normalized spacial score (nSPS) is 12.6. The van der Waals surface area contributed by atoms with Gasteiger partial charge in [0, 0.05) is 10.7 Å². The summed E-state index contributed by atoms with van der Waals surface area (Å²) in [5.74, 6) is 0.0613. The van der Waals surface area contributed by atoms with E-state index in [-0.39, 0.29) is 5.69 Å². The minimum absolute atomic E-state index is 0.271. The van der Waals surface area contributed by atoms with Gasteiger partial charge in [0.2, 0.25) is 0 Å². The van der Waals surface area contributed by atoms with Gasteiger partial charge >= 0.3 is 6.18 Å². The molecule has 1 amide bonds. The van der Waals surface area contributed by atoms with Crippen LogP contribution in [-0.2, 0) is 11.0 Å². The SMILES string of the molecule is CC[C@@H](Oc1ccc(Cl)c(C)c1)C(=O)Nc1ccc(C(F)(F)F)cc1. The van der Waals surface area contributed by atoms with Crippen molar-refractivity contribution in [1.82, 2.24) is 0 Å². The third-order valence-corrected chi connectivity index (χ3v) is 3.97. The van der Waals surface area contributed by atoms with Crippen LogP contribution in [0.4, 0.5) is 18.9 Å². The molecule has 0 saturated carbocycles. The Bertz CT molecular complexity index is 745. The number of carbonyl (C=O) groups is 1. The minimum atomic E-state index is -4.41. The first-order valence-electron chi connectivity index (χ1n) is 7.61. The van der Waals surface area contributed by atoms with Crippen LogP contribution in [0.25, 0.3) is 0 Å². The van der Waals surface area contributed by atoms with Gasteiger partial charge in [-0.25, -0.2) is 0 Å². The van der Waals surface area contributed by atoms with E-state index in [1.807, 2.05) is 6.92 Å². The Morgan fingerprint density at radius 1 is 1.20 bits per heavy atom. The summed E-state index contributed by atoms with van der Waals surface area (Å²) in [4.78, 5) is 12.3. The zero-order valence-corrected chi connectivity index (χ0v) is 14.4. The highest BCUT2D eigenvalue weighted by atomic mass is 35.5. The van der Waals surface area contributed by atoms with E-state index in [0.29, 0.717) is 17.2 Å². The number of anilines is 1. The van der Waals surface area contributed by atoms with Crippen molar-refractivity contribution in [2.75, 3.05) is 5.32 Å². The Morgan fingerprint density at radius 3 is 2.36 bits per heavy atom. The average molecular weight is 372 g/mol. The summed E-state index contributed by atoms with van der Waals surface area (Å²) in [6.07, 6.45) is -4.79. The molecule has 1 N–H and O–H groups in total. The lowest BCUT2D eigenvalue weighted by Gasteiger charge is -2.18. The molecule has 0 unspecified atom stereocenters. The van der Waals surface area contributed by atoms with Crippen LogP contribution in [0.15, 0.2) is 42.5 Å². The predicted molar refractivity (Wildman–Crippen MR) is 91.0 cm³/mol. The molecule has 25 heavy (non-hydrogen) atoms. The summed E-state index contributed by atoms with van der Waals surface area (Å²) in [6, 6.07) is 9.30. The largest absolute Gasteiger partial charge is 0.481 e. The summed E-state index contributed by atoms with van der Waals surface area (Å²) >= 11 is 5.95. The van der Waals surface area contributed by atoms with Crippen LogP contribution in [0.3, 0.4) is 0 Å². The molecule has 0 aromatic heterocycles. The quantitative estimate of drug-likeness (QED) is 0.757. The van der Waals surface area contributed by atoms with E-state index >= 15 is 0 Å². The van der Waals surface area contributed by atoms with Gasteiger partial charge in [0.1, 0.15) is 5.75 Å². The van der Waals surface area contributed by atoms with E-state index in [0.717, 1.165) is 17.7 Å². The van der Waals surface area contributed by atoms with Gasteiger partial charge in [-0.2, -0.15) is 13.2 Å². The molecule has 0 saturated heterocycles. The molecule has 3 nitrogen and oxygen atoms in total. The Kier molecular flexibility index (Phi) is 5.95. The second-order valence-corrected chi connectivity index (χ2v) is 5.90. The van der Waals surface area contributed by atoms with Crippen molar-refractivity contribution in [1.29, 1.82) is 0 Å². The van der Waals surface area contributed by atoms with E-state index in [1.165, 1.54) is 12.1 Å². The van der Waals surface area contributed by atoms with E-state index in [9.17, 15) is 18.0 Å². The standard InChI is InChI=1S/C18H17ClF3NO2/c1-3-16(25-14-8-9-15(19)11(2)10-14)17(24)23-13-6-4-12(5-7-13)18(20,21)22/h4-10,16H,3H2,1-2H3,(H,23,24)/t16-/m1/s1. The lowest BCUT2D eigenvalue weighted by atomic mass is 10.2. The van der Waals surface area contributed by atoms with E-state index < -0.39 is 23.8 Å². The Balaban J connectivity index is 2.05. The van der Waals surface area contributed by atoms with Gasteiger partial charge in [0.05, 0.1) is 5.56 Å². The maximum Gasteiger partial charge on any atom is 0.416 e. The molecule has 0 aliphatic heterocycles. The van der Waals surface area contributed by atoms with Gasteiger partial charge in [0.25, 0.3) is 5.91 Å². The molecule has 1 atom stereocenters. The molecule has 0 bridgehead atoms. The minimum Gasteiger partial charge on any atom is -0.481 e. The summed E-state index contributed by atoms with van der Waals surface area (Å²) in [5, 5.41) is 3.15. The van der Waals surface area contributed by atoms with Gasteiger partial charge in [-0.15, -0.1) is 0 Å². The smallest absolute Gasteiger partial charge is 0.416 e. The fourth-order valence-corrected chi connectivity index (χ4v) is 2.26. The highest BCUT2D eigenvalue weighted by Gasteiger charge is 2.30. The summed E-state index contributed by atoms with van der Waals surface area (Å²) < 4.78 is 43.3. The highest BCUT2D eigenvalue weighted by molar-refractivity contribution is 6.31. The molecule has 0 aliphatic rings. The van der Waals surface area contributed by atoms with Crippen LogP contribution >= 0.6 is 11.6 Å². The van der Waals surface area contributed by atoms with Gasteiger partial charge < -0.3 is 10.1 Å². The number of hydrogen-bond donors (Lipinski definition) is 1. The number of halogens is 4. The topological polar surface area (TPSA) is 38.3 Å². The molecular formula is C18H17ClF3NO2. The third-order valence-electron chi connectivity index (χ3n) is 3.55. The first-order valence-corrected chi connectivity index (χ1v) is 7.99. The fraction of sp³-hybridized carbons (Fsp3) is 0.278. The number of benzene rings is 2. The second kappa shape index (κ2) is 7.78. The molecule has 0 heterocycles. The van der Waals surface area contributed by atoms with Crippen LogP contribution < -0.4 is 10.1 Å². The molecule has 0 radical (unpaired) electrons. The fourth-order valence-electron chi connectivity index (χ4n) is 2.14. The maximum atomic E-state index is 12.6. The van der Waals surface area contributed by atoms with Crippen LogP contribution in [0.2, 0.25) is 5.02 Å². The van der Waals surface area contributed by atoms with Crippen LogP contribution in [0.5, 0.6) is 5.75 Å². The van der Waals surface area contributed by atoms with Gasteiger partial charge in [-0.05, 0) is 61.4 Å². The van der Waals surface area contributed by atoms with Gasteiger partial charge in [-0.3, -0.25) is 4.79 Å². The number of aryl methyl sites for hydroxylation is 1. The number of nitrogens with one attached hydrogen (secondary N) is 1. The van der Waals surface area contributed by atoms with Crippen molar-refractivity contribution in [3.8, 4) is 5.75 Å². The van der Waals surface area contributed by atoms with Crippen molar-refractivity contribution in [2.45, 2.75) is 32.5 Å². The number of rotatable bonds is 5. The zero-order chi connectivity index (χ0) is 18.6. The number of alkyl halides is 3. The Labute approximate surface area is 148 Å². The molecule has 0 aliphatic carbocycles. The van der Waals surface area contributed by atoms with Crippen LogP contribution in [0.1, 0.15) is 24.5 Å². The molecule has 0 spiro atoms. The number of carbonyl (C=O) groups excluding carboxylic acids is 1. The first-order chi connectivity index (χ1) is 11.7. The molecule has 134 valence electrons. The van der Waals surface area contributed by atoms with Crippen molar-refractivity contribution < 1.29 is 22.7 Å². The molecule has 7 heteroatoms. The third kappa shape index (κ3) is 5.13. The van der Waals surface area contributed by atoms with Crippen LogP contribution in [-0.4, -0.2) is 12.0 Å². The van der Waals surface area contributed by atoms with Crippen molar-refractivity contribution in [3.05, 3.63) is 58.6 Å². The predicted octanol–water partition coefficient (Wildman–Crippen LogP) is 5.46. The average Bonchev–Trinajstić information content (AvgIpc) is 2.55. The second-order valence-electron chi connectivity index (χ2n) is 5.49. The van der Waals surface area contributed by atoms with Crippen LogP contribution in [0, 0.1) is 6.92 Å². The molecular weight excluding hydrogens is 355 g/mol. The number of amides is 1. The van der Waals surface area contributed by atoms with Gasteiger partial charge in [0.15, 0.2) is 6.10 Å². The van der Waals surface area contributed by atoms with E-state index in [2.05, 4.69) is 5.32 Å².